The van der Waals surface area contributed by atoms with Gasteiger partial charge in [0.05, 0.1) is 11.1 Å². The summed E-state index contributed by atoms with van der Waals surface area (Å²) in [7, 11) is 0. The average molecular weight is 659 g/mol. The summed E-state index contributed by atoms with van der Waals surface area (Å²) in [5.74, 6) is -0.582. The zero-order valence-corrected chi connectivity index (χ0v) is 25.8. The molecule has 0 aliphatic carbocycles. The van der Waals surface area contributed by atoms with E-state index < -0.39 is 41.0 Å². The van der Waals surface area contributed by atoms with Gasteiger partial charge in [0.25, 0.3) is 5.91 Å². The fraction of sp³-hybridized carbons (Fsp3) is 0.567. The minimum atomic E-state index is -5.03. The number of piperazine rings is 1. The molecule has 5 nitrogen and oxygen atoms in total. The fourth-order valence-electron chi connectivity index (χ4n) is 5.80. The number of piperidine rings is 1. The Balaban J connectivity index is 0.00000323. The van der Waals surface area contributed by atoms with E-state index in [0.29, 0.717) is 38.2 Å². The van der Waals surface area contributed by atoms with Crippen molar-refractivity contribution in [3.8, 4) is 0 Å². The van der Waals surface area contributed by atoms with Crippen LogP contribution in [0, 0.1) is 19.8 Å². The molecule has 2 saturated heterocycles. The second kappa shape index (κ2) is 15.3. The lowest BCUT2D eigenvalue weighted by Gasteiger charge is -2.43. The van der Waals surface area contributed by atoms with Crippen molar-refractivity contribution in [2.75, 3.05) is 52.4 Å². The van der Waals surface area contributed by atoms with Gasteiger partial charge in [0, 0.05) is 57.5 Å². The highest BCUT2D eigenvalue weighted by atomic mass is 35.5. The lowest BCUT2D eigenvalue weighted by Crippen LogP contribution is -2.57. The van der Waals surface area contributed by atoms with Crippen molar-refractivity contribution >= 4 is 30.7 Å². The Kier molecular flexibility index (Phi) is 13.2. The van der Waals surface area contributed by atoms with E-state index in [1.165, 1.54) is 4.90 Å². The first-order valence-electron chi connectivity index (χ1n) is 14.0. The fourth-order valence-corrected chi connectivity index (χ4v) is 5.80. The monoisotopic (exact) mass is 657 g/mol. The van der Waals surface area contributed by atoms with Crippen LogP contribution in [0.5, 0.6) is 0 Å². The number of benzene rings is 2. The molecule has 0 spiro atoms. The Bertz CT molecular complexity index is 1200. The lowest BCUT2D eigenvalue weighted by molar-refractivity contribution is -0.143. The zero-order chi connectivity index (χ0) is 29.9. The Labute approximate surface area is 261 Å². The number of hydrogen-bond donors (Lipinski definition) is 1. The van der Waals surface area contributed by atoms with Crippen LogP contribution in [-0.2, 0) is 18.8 Å². The van der Waals surface area contributed by atoms with Gasteiger partial charge in [0.15, 0.2) is 0 Å². The molecule has 242 valence electrons. The van der Waals surface area contributed by atoms with Crippen LogP contribution < -0.4 is 0 Å². The summed E-state index contributed by atoms with van der Waals surface area (Å²) < 4.78 is 81.0. The number of halogens is 8. The maximum absolute atomic E-state index is 13.6. The number of likely N-dealkylation sites (tertiary alicyclic amines) is 1. The third-order valence-electron chi connectivity index (χ3n) is 8.30. The largest absolute Gasteiger partial charge is 0.416 e. The maximum atomic E-state index is 13.6. The molecule has 2 fully saturated rings. The molecule has 0 saturated carbocycles. The highest BCUT2D eigenvalue weighted by Gasteiger charge is 2.39. The Morgan fingerprint density at radius 2 is 1.44 bits per heavy atom. The molecule has 43 heavy (non-hydrogen) atoms. The first-order chi connectivity index (χ1) is 19.2. The molecule has 2 aromatic rings. The van der Waals surface area contributed by atoms with Gasteiger partial charge >= 0.3 is 12.4 Å². The number of aryl methyl sites for hydroxylation is 2. The Morgan fingerprint density at radius 3 is 2.00 bits per heavy atom. The molecule has 2 aromatic carbocycles. The van der Waals surface area contributed by atoms with Crippen molar-refractivity contribution in [1.82, 2.24) is 14.7 Å². The third-order valence-corrected chi connectivity index (χ3v) is 8.30. The van der Waals surface area contributed by atoms with Crippen molar-refractivity contribution in [3.05, 3.63) is 69.8 Å². The van der Waals surface area contributed by atoms with Crippen molar-refractivity contribution in [2.45, 2.75) is 51.5 Å². The van der Waals surface area contributed by atoms with Crippen molar-refractivity contribution in [3.63, 3.8) is 0 Å². The highest BCUT2D eigenvalue weighted by molar-refractivity contribution is 5.95. The normalized spacial score (nSPS) is 20.3. The van der Waals surface area contributed by atoms with E-state index in [9.17, 15) is 36.2 Å². The van der Waals surface area contributed by atoms with E-state index in [4.69, 9.17) is 0 Å². The second-order valence-corrected chi connectivity index (χ2v) is 11.4. The lowest BCUT2D eigenvalue weighted by atomic mass is 9.97. The Morgan fingerprint density at radius 1 is 0.837 bits per heavy atom. The van der Waals surface area contributed by atoms with Gasteiger partial charge in [-0.2, -0.15) is 26.3 Å². The highest BCUT2D eigenvalue weighted by Crippen LogP contribution is 2.37. The molecule has 2 aliphatic heterocycles. The maximum Gasteiger partial charge on any atom is 0.416 e. The quantitative estimate of drug-likeness (QED) is 0.357. The van der Waals surface area contributed by atoms with Crippen LogP contribution in [0.25, 0.3) is 0 Å². The molecule has 0 bridgehead atoms. The molecule has 2 heterocycles. The smallest absolute Gasteiger partial charge is 0.396 e. The molecule has 1 unspecified atom stereocenters. The van der Waals surface area contributed by atoms with Crippen LogP contribution in [-0.4, -0.2) is 84.2 Å². The molecular weight excluding hydrogens is 619 g/mol. The number of hydrogen-bond acceptors (Lipinski definition) is 4. The SMILES string of the molecule is Cc1ccc(C[C@@H]2CN(CCN3CCCC(CO)C3)CCN2C(=O)c2cc(C(F)(F)F)cc(C(F)(F)F)c2)cc1C.Cl.Cl. The van der Waals surface area contributed by atoms with Gasteiger partial charge in [0.1, 0.15) is 0 Å². The second-order valence-electron chi connectivity index (χ2n) is 11.4. The molecule has 0 aromatic heterocycles. The number of carbonyl (C=O) groups excluding carboxylic acids is 1. The third kappa shape index (κ3) is 9.72. The van der Waals surface area contributed by atoms with E-state index >= 15 is 0 Å². The van der Waals surface area contributed by atoms with Crippen LogP contribution in [0.4, 0.5) is 26.3 Å². The number of amides is 1. The predicted molar refractivity (Wildman–Crippen MR) is 158 cm³/mol. The van der Waals surface area contributed by atoms with Crippen LogP contribution >= 0.6 is 24.8 Å². The predicted octanol–water partition coefficient (Wildman–Crippen LogP) is 6.26. The number of alkyl halides is 6. The number of aliphatic hydroxyl groups excluding tert-OH is 1. The molecular formula is C30H39Cl2F6N3O2. The molecule has 0 radical (unpaired) electrons. The summed E-state index contributed by atoms with van der Waals surface area (Å²) in [6.45, 7) is 8.44. The summed E-state index contributed by atoms with van der Waals surface area (Å²) >= 11 is 0. The van der Waals surface area contributed by atoms with Crippen molar-refractivity contribution in [2.24, 2.45) is 5.92 Å². The summed E-state index contributed by atoms with van der Waals surface area (Å²) in [5, 5.41) is 9.54. The Hall–Kier alpha value is -2.05. The van der Waals surface area contributed by atoms with Gasteiger partial charge in [0.2, 0.25) is 0 Å². The summed E-state index contributed by atoms with van der Waals surface area (Å²) in [5.41, 5.74) is -0.512. The van der Waals surface area contributed by atoms with Crippen molar-refractivity contribution in [1.29, 1.82) is 0 Å². The van der Waals surface area contributed by atoms with Crippen molar-refractivity contribution < 1.29 is 36.2 Å². The standard InChI is InChI=1S/C30H37F6N3O2.2ClH/c1-20-5-6-22(12-21(20)2)13-27-18-38(9-8-37-7-3-4-23(17-37)19-40)10-11-39(27)28(41)24-14-25(29(31,32)33)16-26(15-24)30(34,35)36;;/h5-6,12,14-16,23,27,40H,3-4,7-11,13,17-19H2,1-2H3;2*1H/t23?,27-;;/m1../s1. The van der Waals surface area contributed by atoms with Crippen LogP contribution in [0.15, 0.2) is 36.4 Å². The molecule has 2 atom stereocenters. The van der Waals surface area contributed by atoms with E-state index in [0.717, 1.165) is 49.2 Å². The number of carbonyl (C=O) groups is 1. The summed E-state index contributed by atoms with van der Waals surface area (Å²) in [6.07, 6.45) is -7.63. The summed E-state index contributed by atoms with van der Waals surface area (Å²) in [6, 6.07) is 6.56. The molecule has 13 heteroatoms. The van der Waals surface area contributed by atoms with Crippen LogP contribution in [0.3, 0.4) is 0 Å². The minimum Gasteiger partial charge on any atom is -0.396 e. The first-order valence-corrected chi connectivity index (χ1v) is 14.0. The van der Waals surface area contributed by atoms with E-state index in [1.807, 2.05) is 32.0 Å². The summed E-state index contributed by atoms with van der Waals surface area (Å²) in [4.78, 5) is 19.5. The van der Waals surface area contributed by atoms with Gasteiger partial charge < -0.3 is 14.9 Å². The van der Waals surface area contributed by atoms with Crippen LogP contribution in [0.2, 0.25) is 0 Å². The van der Waals surface area contributed by atoms with Gasteiger partial charge in [-0.05, 0) is 80.5 Å². The number of nitrogens with zero attached hydrogens (tertiary/aromatic N) is 3. The van der Waals surface area contributed by atoms with E-state index in [-0.39, 0.29) is 49.9 Å². The van der Waals surface area contributed by atoms with Gasteiger partial charge in [-0.15, -0.1) is 24.8 Å². The van der Waals surface area contributed by atoms with Gasteiger partial charge in [-0.25, -0.2) is 0 Å². The zero-order valence-electron chi connectivity index (χ0n) is 24.2. The topological polar surface area (TPSA) is 47.0 Å². The molecule has 1 N–H and O–H groups in total. The minimum absolute atomic E-state index is 0. The molecule has 4 rings (SSSR count). The first kappa shape index (κ1) is 37.1. The molecule has 1 amide bonds. The number of aliphatic hydroxyl groups is 1. The molecule has 2 aliphatic rings. The van der Waals surface area contributed by atoms with Gasteiger partial charge in [-0.3, -0.25) is 9.69 Å². The van der Waals surface area contributed by atoms with Crippen LogP contribution in [0.1, 0.15) is 51.0 Å². The average Bonchev–Trinajstić information content (AvgIpc) is 2.92. The van der Waals surface area contributed by atoms with E-state index in [1.54, 1.807) is 0 Å². The van der Waals surface area contributed by atoms with Gasteiger partial charge in [-0.1, -0.05) is 18.2 Å². The van der Waals surface area contributed by atoms with E-state index in [2.05, 4.69) is 9.80 Å². The number of rotatable bonds is 7.